The van der Waals surface area contributed by atoms with Gasteiger partial charge < -0.3 is 10.5 Å². The van der Waals surface area contributed by atoms with Crippen LogP contribution in [0.1, 0.15) is 43.4 Å². The Bertz CT molecular complexity index is 371. The second kappa shape index (κ2) is 7.20. The van der Waals surface area contributed by atoms with Gasteiger partial charge >= 0.3 is 0 Å². The van der Waals surface area contributed by atoms with Gasteiger partial charge in [-0.3, -0.25) is 0 Å². The Hall–Kier alpha value is -0.670. The summed E-state index contributed by atoms with van der Waals surface area (Å²) in [6, 6.07) is 8.53. The molecule has 1 aromatic rings. The molecule has 106 valence electrons. The normalized spacial score (nSPS) is 19.3. The summed E-state index contributed by atoms with van der Waals surface area (Å²) in [5.74, 6) is 3.07. The van der Waals surface area contributed by atoms with Crippen molar-refractivity contribution in [3.05, 3.63) is 29.8 Å². The summed E-state index contributed by atoms with van der Waals surface area (Å²) in [6.07, 6.45) is 5.63. The van der Waals surface area contributed by atoms with Crippen molar-refractivity contribution >= 4 is 11.8 Å². The predicted molar refractivity (Wildman–Crippen MR) is 83.8 cm³/mol. The van der Waals surface area contributed by atoms with Gasteiger partial charge in [-0.25, -0.2) is 0 Å². The zero-order chi connectivity index (χ0) is 13.7. The molecule has 3 heteroatoms. The lowest BCUT2D eigenvalue weighted by atomic mass is 10.1. The van der Waals surface area contributed by atoms with Gasteiger partial charge in [-0.05, 0) is 49.1 Å². The number of nitrogens with two attached hydrogens (primary N) is 1. The Balaban J connectivity index is 1.97. The van der Waals surface area contributed by atoms with E-state index in [0.717, 1.165) is 11.7 Å². The zero-order valence-electron chi connectivity index (χ0n) is 12.0. The minimum Gasteiger partial charge on any atom is -0.497 e. The summed E-state index contributed by atoms with van der Waals surface area (Å²) in [4.78, 5) is 0. The van der Waals surface area contributed by atoms with E-state index in [9.17, 15) is 0 Å². The fourth-order valence-corrected chi connectivity index (χ4v) is 4.23. The van der Waals surface area contributed by atoms with E-state index >= 15 is 0 Å². The van der Waals surface area contributed by atoms with Crippen LogP contribution in [0.25, 0.3) is 0 Å². The lowest BCUT2D eigenvalue weighted by molar-refractivity contribution is 0.414. The highest BCUT2D eigenvalue weighted by molar-refractivity contribution is 7.99. The molecule has 0 heterocycles. The first kappa shape index (κ1) is 14.7. The van der Waals surface area contributed by atoms with Crippen molar-refractivity contribution in [2.75, 3.05) is 12.9 Å². The maximum absolute atomic E-state index is 6.17. The van der Waals surface area contributed by atoms with Crippen molar-refractivity contribution in [3.63, 3.8) is 0 Å². The van der Waals surface area contributed by atoms with Crippen molar-refractivity contribution in [1.82, 2.24) is 0 Å². The molecular formula is C16H25NOS. The highest BCUT2D eigenvalue weighted by Gasteiger charge is 2.21. The molecule has 1 aliphatic carbocycles. The predicted octanol–water partition coefficient (Wildman–Crippen LogP) is 4.01. The first-order valence-electron chi connectivity index (χ1n) is 7.22. The van der Waals surface area contributed by atoms with Gasteiger partial charge in [0.2, 0.25) is 0 Å². The average molecular weight is 279 g/mol. The van der Waals surface area contributed by atoms with Crippen LogP contribution in [0.5, 0.6) is 5.75 Å². The summed E-state index contributed by atoms with van der Waals surface area (Å²) in [7, 11) is 1.70. The molecule has 0 amide bonds. The molecule has 0 spiro atoms. The topological polar surface area (TPSA) is 35.2 Å². The Labute approximate surface area is 121 Å². The van der Waals surface area contributed by atoms with E-state index in [2.05, 4.69) is 19.1 Å². The van der Waals surface area contributed by atoms with Gasteiger partial charge in [-0.15, -0.1) is 0 Å². The quantitative estimate of drug-likeness (QED) is 0.854. The van der Waals surface area contributed by atoms with Crippen LogP contribution >= 0.6 is 11.8 Å². The number of thioether (sulfide) groups is 1. The van der Waals surface area contributed by atoms with E-state index in [0.29, 0.717) is 5.25 Å². The van der Waals surface area contributed by atoms with Crippen LogP contribution in [-0.4, -0.2) is 18.9 Å². The van der Waals surface area contributed by atoms with E-state index < -0.39 is 0 Å². The molecule has 1 aliphatic rings. The van der Waals surface area contributed by atoms with Gasteiger partial charge in [-0.2, -0.15) is 11.8 Å². The minimum atomic E-state index is 0.180. The number of hydrogen-bond donors (Lipinski definition) is 1. The van der Waals surface area contributed by atoms with Crippen LogP contribution in [-0.2, 0) is 0 Å². The molecule has 0 aliphatic heterocycles. The SMILES string of the molecule is COc1ccc(C(SCC2CCCC2)C(C)N)cc1. The van der Waals surface area contributed by atoms with Gasteiger partial charge in [0.25, 0.3) is 0 Å². The van der Waals surface area contributed by atoms with E-state index in [1.165, 1.54) is 37.0 Å². The summed E-state index contributed by atoms with van der Waals surface area (Å²) in [5, 5.41) is 0.395. The van der Waals surface area contributed by atoms with Crippen molar-refractivity contribution in [3.8, 4) is 5.75 Å². The molecule has 1 aromatic carbocycles. The number of hydrogen-bond acceptors (Lipinski definition) is 3. The van der Waals surface area contributed by atoms with Crippen molar-refractivity contribution in [1.29, 1.82) is 0 Å². The van der Waals surface area contributed by atoms with Crippen LogP contribution in [0.3, 0.4) is 0 Å². The number of rotatable bonds is 6. The molecule has 19 heavy (non-hydrogen) atoms. The molecule has 1 saturated carbocycles. The van der Waals surface area contributed by atoms with Crippen LogP contribution in [0.15, 0.2) is 24.3 Å². The monoisotopic (exact) mass is 279 g/mol. The number of ether oxygens (including phenoxy) is 1. The molecule has 0 saturated heterocycles. The molecule has 2 rings (SSSR count). The standard InChI is InChI=1S/C16H25NOS/c1-12(17)16(19-11-13-5-3-4-6-13)14-7-9-15(18-2)10-8-14/h7-10,12-13,16H,3-6,11,17H2,1-2H3. The molecular weight excluding hydrogens is 254 g/mol. The molecule has 0 aromatic heterocycles. The van der Waals surface area contributed by atoms with Gasteiger partial charge in [-0.1, -0.05) is 25.0 Å². The summed E-state index contributed by atoms with van der Waals surface area (Å²) >= 11 is 2.03. The molecule has 2 nitrogen and oxygen atoms in total. The molecule has 2 unspecified atom stereocenters. The van der Waals surface area contributed by atoms with E-state index in [4.69, 9.17) is 10.5 Å². The first-order valence-corrected chi connectivity index (χ1v) is 8.26. The summed E-state index contributed by atoms with van der Waals surface area (Å²) in [5.41, 5.74) is 7.49. The third kappa shape index (κ3) is 4.15. The average Bonchev–Trinajstić information content (AvgIpc) is 2.92. The smallest absolute Gasteiger partial charge is 0.118 e. The number of benzene rings is 1. The highest BCUT2D eigenvalue weighted by atomic mass is 32.2. The van der Waals surface area contributed by atoms with E-state index in [1.54, 1.807) is 7.11 Å². The Morgan fingerprint density at radius 1 is 1.26 bits per heavy atom. The third-order valence-electron chi connectivity index (χ3n) is 3.91. The van der Waals surface area contributed by atoms with Gasteiger partial charge in [0.1, 0.15) is 5.75 Å². The third-order valence-corrected chi connectivity index (χ3v) is 5.63. The van der Waals surface area contributed by atoms with E-state index in [1.807, 2.05) is 23.9 Å². The van der Waals surface area contributed by atoms with Gasteiger partial charge in [0.15, 0.2) is 0 Å². The Morgan fingerprint density at radius 2 is 1.89 bits per heavy atom. The van der Waals surface area contributed by atoms with Crippen molar-refractivity contribution in [2.24, 2.45) is 11.7 Å². The van der Waals surface area contributed by atoms with Crippen LogP contribution in [0, 0.1) is 5.92 Å². The molecule has 2 atom stereocenters. The Morgan fingerprint density at radius 3 is 2.42 bits per heavy atom. The second-order valence-electron chi connectivity index (χ2n) is 5.54. The van der Waals surface area contributed by atoms with Crippen molar-refractivity contribution < 1.29 is 4.74 Å². The molecule has 0 radical (unpaired) electrons. The first-order chi connectivity index (χ1) is 9.20. The molecule has 0 bridgehead atoms. The fourth-order valence-electron chi connectivity index (χ4n) is 2.76. The maximum atomic E-state index is 6.17. The molecule has 2 N–H and O–H groups in total. The lowest BCUT2D eigenvalue weighted by Gasteiger charge is -2.22. The van der Waals surface area contributed by atoms with Crippen LogP contribution in [0.2, 0.25) is 0 Å². The lowest BCUT2D eigenvalue weighted by Crippen LogP contribution is -2.23. The number of methoxy groups -OCH3 is 1. The fraction of sp³-hybridized carbons (Fsp3) is 0.625. The largest absolute Gasteiger partial charge is 0.497 e. The van der Waals surface area contributed by atoms with Crippen molar-refractivity contribution in [2.45, 2.75) is 43.9 Å². The van der Waals surface area contributed by atoms with E-state index in [-0.39, 0.29) is 6.04 Å². The van der Waals surface area contributed by atoms with Gasteiger partial charge in [0.05, 0.1) is 7.11 Å². The molecule has 1 fully saturated rings. The maximum Gasteiger partial charge on any atom is 0.118 e. The second-order valence-corrected chi connectivity index (χ2v) is 6.71. The highest BCUT2D eigenvalue weighted by Crippen LogP contribution is 2.37. The van der Waals surface area contributed by atoms with Crippen LogP contribution in [0.4, 0.5) is 0 Å². The minimum absolute atomic E-state index is 0.180. The summed E-state index contributed by atoms with van der Waals surface area (Å²) in [6.45, 7) is 2.11. The Kier molecular flexibility index (Phi) is 5.59. The zero-order valence-corrected chi connectivity index (χ0v) is 12.8. The van der Waals surface area contributed by atoms with Gasteiger partial charge in [0, 0.05) is 11.3 Å². The van der Waals surface area contributed by atoms with Crippen LogP contribution < -0.4 is 10.5 Å². The summed E-state index contributed by atoms with van der Waals surface area (Å²) < 4.78 is 5.21.